The molecule has 9 heteroatoms. The first-order chi connectivity index (χ1) is 14.9. The number of urea groups is 1. The molecule has 3 heterocycles. The third-order valence-electron chi connectivity index (χ3n) is 5.33. The molecule has 0 atom stereocenters. The molecule has 3 amide bonds. The minimum absolute atomic E-state index is 0.0687. The molecule has 160 valence electrons. The number of hydrogen-bond donors (Lipinski definition) is 0. The van der Waals surface area contributed by atoms with Crippen molar-refractivity contribution in [1.29, 1.82) is 0 Å². The molecule has 9 nitrogen and oxygen atoms in total. The number of ether oxygens (including phenoxy) is 2. The summed E-state index contributed by atoms with van der Waals surface area (Å²) in [6, 6.07) is 8.16. The van der Waals surface area contributed by atoms with E-state index >= 15 is 0 Å². The second-order valence-electron chi connectivity index (χ2n) is 7.17. The van der Waals surface area contributed by atoms with Crippen LogP contribution in [0.25, 0.3) is 5.52 Å². The highest BCUT2D eigenvalue weighted by Crippen LogP contribution is 2.30. The summed E-state index contributed by atoms with van der Waals surface area (Å²) in [5.74, 6) is 0.799. The Hall–Kier alpha value is -3.88. The van der Waals surface area contributed by atoms with Gasteiger partial charge in [0.2, 0.25) is 5.91 Å². The zero-order valence-electron chi connectivity index (χ0n) is 17.5. The third-order valence-corrected chi connectivity index (χ3v) is 5.33. The van der Waals surface area contributed by atoms with Gasteiger partial charge in [-0.1, -0.05) is 0 Å². The van der Waals surface area contributed by atoms with Gasteiger partial charge in [0, 0.05) is 36.4 Å². The SMILES string of the molecule is COc1ccc(CN2C(=O)CCN(c3cnn4ccc(C(C)=O)cc34)C2=O)c(OC)c1. The maximum atomic E-state index is 13.3. The minimum Gasteiger partial charge on any atom is -0.497 e. The van der Waals surface area contributed by atoms with Crippen molar-refractivity contribution in [3.8, 4) is 11.5 Å². The number of nitrogens with zero attached hydrogens (tertiary/aromatic N) is 4. The Kier molecular flexibility index (Phi) is 5.33. The second-order valence-corrected chi connectivity index (χ2v) is 7.17. The van der Waals surface area contributed by atoms with Crippen molar-refractivity contribution in [3.05, 3.63) is 53.9 Å². The Bertz CT molecular complexity index is 1190. The molecule has 0 N–H and O–H groups in total. The van der Waals surface area contributed by atoms with Crippen LogP contribution < -0.4 is 14.4 Å². The molecule has 1 aliphatic rings. The van der Waals surface area contributed by atoms with E-state index in [-0.39, 0.29) is 31.2 Å². The van der Waals surface area contributed by atoms with Crippen molar-refractivity contribution in [3.63, 3.8) is 0 Å². The number of methoxy groups -OCH3 is 2. The van der Waals surface area contributed by atoms with E-state index in [2.05, 4.69) is 5.10 Å². The normalized spacial score (nSPS) is 14.3. The highest BCUT2D eigenvalue weighted by molar-refractivity contribution is 6.07. The Labute approximate surface area is 178 Å². The summed E-state index contributed by atoms with van der Waals surface area (Å²) in [7, 11) is 3.08. The summed E-state index contributed by atoms with van der Waals surface area (Å²) >= 11 is 0. The fraction of sp³-hybridized carbons (Fsp3) is 0.273. The molecule has 0 bridgehead atoms. The van der Waals surface area contributed by atoms with Gasteiger partial charge in [-0.15, -0.1) is 0 Å². The van der Waals surface area contributed by atoms with E-state index in [1.54, 1.807) is 54.4 Å². The molecule has 0 radical (unpaired) electrons. The first-order valence-electron chi connectivity index (χ1n) is 9.74. The number of rotatable bonds is 6. The van der Waals surface area contributed by atoms with Crippen molar-refractivity contribution in [2.24, 2.45) is 0 Å². The van der Waals surface area contributed by atoms with Gasteiger partial charge >= 0.3 is 6.03 Å². The third kappa shape index (κ3) is 3.70. The van der Waals surface area contributed by atoms with Gasteiger partial charge in [0.05, 0.1) is 38.2 Å². The zero-order valence-corrected chi connectivity index (χ0v) is 17.5. The van der Waals surface area contributed by atoms with Crippen LogP contribution in [-0.2, 0) is 11.3 Å². The van der Waals surface area contributed by atoms with Crippen LogP contribution in [0.15, 0.2) is 42.7 Å². The minimum atomic E-state index is -0.447. The average Bonchev–Trinajstić information content (AvgIpc) is 3.19. The van der Waals surface area contributed by atoms with Crippen molar-refractivity contribution in [2.45, 2.75) is 19.9 Å². The maximum Gasteiger partial charge on any atom is 0.331 e. The highest BCUT2D eigenvalue weighted by Gasteiger charge is 2.34. The number of hydrogen-bond acceptors (Lipinski definition) is 6. The Morgan fingerprint density at radius 3 is 2.65 bits per heavy atom. The first kappa shape index (κ1) is 20.4. The number of pyridine rings is 1. The Balaban J connectivity index is 1.67. The van der Waals surface area contributed by atoms with Crippen molar-refractivity contribution in [2.75, 3.05) is 25.7 Å². The van der Waals surface area contributed by atoms with Crippen LogP contribution in [0.5, 0.6) is 11.5 Å². The van der Waals surface area contributed by atoms with Gasteiger partial charge in [-0.2, -0.15) is 5.10 Å². The molecule has 31 heavy (non-hydrogen) atoms. The molecular weight excluding hydrogens is 400 g/mol. The van der Waals surface area contributed by atoms with Gasteiger partial charge in [-0.25, -0.2) is 9.31 Å². The zero-order chi connectivity index (χ0) is 22.1. The fourth-order valence-corrected chi connectivity index (χ4v) is 3.62. The van der Waals surface area contributed by atoms with E-state index in [1.807, 2.05) is 0 Å². The quantitative estimate of drug-likeness (QED) is 0.567. The molecule has 0 aliphatic carbocycles. The average molecular weight is 422 g/mol. The number of amides is 3. The van der Waals surface area contributed by atoms with Crippen LogP contribution in [0.1, 0.15) is 29.3 Å². The van der Waals surface area contributed by atoms with E-state index in [0.717, 1.165) is 0 Å². The summed E-state index contributed by atoms with van der Waals surface area (Å²) < 4.78 is 12.2. The molecule has 0 spiro atoms. The van der Waals surface area contributed by atoms with Gasteiger partial charge < -0.3 is 9.47 Å². The smallest absolute Gasteiger partial charge is 0.331 e. The summed E-state index contributed by atoms with van der Waals surface area (Å²) in [6.07, 6.45) is 3.42. The van der Waals surface area contributed by atoms with Crippen LogP contribution in [0.3, 0.4) is 0 Å². The van der Waals surface area contributed by atoms with E-state index in [0.29, 0.717) is 33.8 Å². The number of ketones is 1. The predicted molar refractivity (Wildman–Crippen MR) is 113 cm³/mol. The number of imide groups is 1. The highest BCUT2D eigenvalue weighted by atomic mass is 16.5. The number of benzene rings is 1. The maximum absolute atomic E-state index is 13.3. The predicted octanol–water partition coefficient (Wildman–Crippen LogP) is 2.91. The lowest BCUT2D eigenvalue weighted by molar-refractivity contribution is -0.129. The number of carbonyl (C=O) groups is 3. The van der Waals surface area contributed by atoms with Crippen LogP contribution in [0.2, 0.25) is 0 Å². The van der Waals surface area contributed by atoms with Crippen molar-refractivity contribution < 1.29 is 23.9 Å². The van der Waals surface area contributed by atoms with Gasteiger partial charge in [-0.3, -0.25) is 19.4 Å². The van der Waals surface area contributed by atoms with E-state index in [4.69, 9.17) is 9.47 Å². The standard InChI is InChI=1S/C22H22N4O5/c1-14(27)15-6-9-26-18(10-15)19(12-23-26)24-8-7-21(28)25(22(24)29)13-16-4-5-17(30-2)11-20(16)31-3/h4-6,9-12H,7-8,13H2,1-3H3. The summed E-state index contributed by atoms with van der Waals surface area (Å²) in [5, 5.41) is 4.28. The first-order valence-corrected chi connectivity index (χ1v) is 9.74. The number of aromatic nitrogens is 2. The molecule has 3 aromatic rings. The molecule has 2 aromatic heterocycles. The fourth-order valence-electron chi connectivity index (χ4n) is 3.62. The van der Waals surface area contributed by atoms with Crippen molar-refractivity contribution >= 4 is 28.9 Å². The van der Waals surface area contributed by atoms with E-state index < -0.39 is 6.03 Å². The van der Waals surface area contributed by atoms with E-state index in [9.17, 15) is 14.4 Å². The number of fused-ring (bicyclic) bond motifs is 1. The Morgan fingerprint density at radius 1 is 1.13 bits per heavy atom. The van der Waals surface area contributed by atoms with Crippen molar-refractivity contribution in [1.82, 2.24) is 14.5 Å². The molecule has 1 fully saturated rings. The van der Waals surface area contributed by atoms with Crippen LogP contribution >= 0.6 is 0 Å². The van der Waals surface area contributed by atoms with Gasteiger partial charge in [0.15, 0.2) is 5.78 Å². The largest absolute Gasteiger partial charge is 0.497 e. The molecule has 1 aromatic carbocycles. The lowest BCUT2D eigenvalue weighted by Crippen LogP contribution is -2.52. The lowest BCUT2D eigenvalue weighted by atomic mass is 10.1. The molecule has 1 saturated heterocycles. The molecule has 0 saturated carbocycles. The summed E-state index contributed by atoms with van der Waals surface area (Å²) in [6.45, 7) is 1.79. The molecular formula is C22H22N4O5. The van der Waals surface area contributed by atoms with Crippen LogP contribution in [-0.4, -0.2) is 53.0 Å². The second kappa shape index (κ2) is 8.10. The van der Waals surface area contributed by atoms with E-state index in [1.165, 1.54) is 23.8 Å². The monoisotopic (exact) mass is 422 g/mol. The molecule has 0 unspecified atom stereocenters. The Morgan fingerprint density at radius 2 is 1.94 bits per heavy atom. The summed E-state index contributed by atoms with van der Waals surface area (Å²) in [5.41, 5.74) is 2.38. The number of Topliss-reactive ketones (excluding diaryl/α,β-unsaturated/α-hetero) is 1. The van der Waals surface area contributed by atoms with Gasteiger partial charge in [0.1, 0.15) is 11.5 Å². The molecule has 4 rings (SSSR count). The van der Waals surface area contributed by atoms with Crippen LogP contribution in [0, 0.1) is 0 Å². The number of carbonyl (C=O) groups excluding carboxylic acids is 3. The lowest BCUT2D eigenvalue weighted by Gasteiger charge is -2.33. The number of anilines is 1. The molecule has 1 aliphatic heterocycles. The van der Waals surface area contributed by atoms with Gasteiger partial charge in [-0.05, 0) is 31.2 Å². The topological polar surface area (TPSA) is 93.5 Å². The van der Waals surface area contributed by atoms with Crippen LogP contribution in [0.4, 0.5) is 10.5 Å². The summed E-state index contributed by atoms with van der Waals surface area (Å²) in [4.78, 5) is 40.4. The van der Waals surface area contributed by atoms with Gasteiger partial charge in [0.25, 0.3) is 0 Å².